The van der Waals surface area contributed by atoms with Gasteiger partial charge in [0.2, 0.25) is 0 Å². The van der Waals surface area contributed by atoms with Gasteiger partial charge in [0.25, 0.3) is 0 Å². The molecule has 1 rings (SSSR count). The normalized spacial score (nSPS) is 12.5. The van der Waals surface area contributed by atoms with Crippen molar-refractivity contribution in [3.63, 3.8) is 0 Å². The third-order valence-corrected chi connectivity index (χ3v) is 2.86. The summed E-state index contributed by atoms with van der Waals surface area (Å²) in [5.74, 6) is 0. The Morgan fingerprint density at radius 3 is 2.86 bits per heavy atom. The van der Waals surface area contributed by atoms with Crippen LogP contribution in [0.4, 0.5) is 0 Å². The summed E-state index contributed by atoms with van der Waals surface area (Å²) in [4.78, 5) is 0. The average Bonchev–Trinajstić information content (AvgIpc) is 2.14. The van der Waals surface area contributed by atoms with Crippen LogP contribution in [0.5, 0.6) is 0 Å². The van der Waals surface area contributed by atoms with Crippen LogP contribution in [0.3, 0.4) is 0 Å². The third kappa shape index (κ3) is 3.12. The fraction of sp³-hybridized carbons (Fsp3) is 0.273. The van der Waals surface area contributed by atoms with Gasteiger partial charge in [-0.25, -0.2) is 0 Å². The molecule has 1 aromatic rings. The molecule has 14 heavy (non-hydrogen) atoms. The van der Waals surface area contributed by atoms with Gasteiger partial charge in [-0.3, -0.25) is 0 Å². The van der Waals surface area contributed by atoms with Gasteiger partial charge in [-0.05, 0) is 30.5 Å². The van der Waals surface area contributed by atoms with Crippen LogP contribution in [0, 0.1) is 0 Å². The molecule has 0 saturated carbocycles. The van der Waals surface area contributed by atoms with Crippen molar-refractivity contribution in [1.82, 2.24) is 0 Å². The van der Waals surface area contributed by atoms with E-state index in [0.29, 0.717) is 0 Å². The molecule has 0 unspecified atom stereocenters. The molecule has 0 aromatic heterocycles. The highest BCUT2D eigenvalue weighted by atomic mass is 79.9. The van der Waals surface area contributed by atoms with Crippen molar-refractivity contribution in [2.45, 2.75) is 18.9 Å². The summed E-state index contributed by atoms with van der Waals surface area (Å²) in [5.41, 5.74) is 6.98. The van der Waals surface area contributed by atoms with Crippen molar-refractivity contribution in [1.29, 1.82) is 0 Å². The fourth-order valence-corrected chi connectivity index (χ4v) is 2.07. The number of hydrogen-bond acceptors (Lipinski definition) is 1. The van der Waals surface area contributed by atoms with E-state index in [1.54, 1.807) is 0 Å². The molecule has 0 radical (unpaired) electrons. The van der Waals surface area contributed by atoms with Crippen LogP contribution in [-0.2, 0) is 0 Å². The van der Waals surface area contributed by atoms with Gasteiger partial charge in [0.15, 0.2) is 0 Å². The Balaban J connectivity index is 2.78. The van der Waals surface area contributed by atoms with E-state index in [9.17, 15) is 0 Å². The SMILES string of the molecule is C=CCC[C@@H](N)c1ccc(Br)cc1Cl. The Kier molecular flexibility index (Phi) is 4.66. The molecule has 1 aromatic carbocycles. The van der Waals surface area contributed by atoms with Crippen molar-refractivity contribution in [3.8, 4) is 0 Å². The zero-order valence-electron chi connectivity index (χ0n) is 7.84. The van der Waals surface area contributed by atoms with E-state index in [1.165, 1.54) is 0 Å². The molecule has 3 heteroatoms. The highest BCUT2D eigenvalue weighted by molar-refractivity contribution is 9.10. The van der Waals surface area contributed by atoms with E-state index in [1.807, 2.05) is 24.3 Å². The van der Waals surface area contributed by atoms with Crippen LogP contribution in [0.2, 0.25) is 5.02 Å². The quantitative estimate of drug-likeness (QED) is 0.823. The van der Waals surface area contributed by atoms with E-state index >= 15 is 0 Å². The Morgan fingerprint density at radius 2 is 2.29 bits per heavy atom. The molecule has 76 valence electrons. The minimum atomic E-state index is -0.00593. The minimum Gasteiger partial charge on any atom is -0.324 e. The monoisotopic (exact) mass is 273 g/mol. The largest absolute Gasteiger partial charge is 0.324 e. The molecule has 0 bridgehead atoms. The van der Waals surface area contributed by atoms with Crippen LogP contribution < -0.4 is 5.73 Å². The molecule has 0 fully saturated rings. The maximum absolute atomic E-state index is 6.07. The van der Waals surface area contributed by atoms with Gasteiger partial charge < -0.3 is 5.73 Å². The van der Waals surface area contributed by atoms with E-state index in [0.717, 1.165) is 27.9 Å². The first-order valence-electron chi connectivity index (χ1n) is 4.46. The molecule has 0 aliphatic rings. The zero-order chi connectivity index (χ0) is 10.6. The van der Waals surface area contributed by atoms with Crippen molar-refractivity contribution in [2.75, 3.05) is 0 Å². The van der Waals surface area contributed by atoms with Gasteiger partial charge in [-0.2, -0.15) is 0 Å². The predicted octanol–water partition coefficient (Wildman–Crippen LogP) is 4.07. The van der Waals surface area contributed by atoms with Crippen LogP contribution in [-0.4, -0.2) is 0 Å². The molecule has 0 aliphatic carbocycles. The first kappa shape index (κ1) is 11.8. The molecule has 0 spiro atoms. The second-order valence-electron chi connectivity index (χ2n) is 3.14. The molecule has 2 N–H and O–H groups in total. The van der Waals surface area contributed by atoms with Gasteiger partial charge in [-0.1, -0.05) is 39.7 Å². The number of hydrogen-bond donors (Lipinski definition) is 1. The second-order valence-corrected chi connectivity index (χ2v) is 4.46. The van der Waals surface area contributed by atoms with E-state index in [2.05, 4.69) is 22.5 Å². The lowest BCUT2D eigenvalue weighted by atomic mass is 10.0. The van der Waals surface area contributed by atoms with Crippen molar-refractivity contribution < 1.29 is 0 Å². The summed E-state index contributed by atoms with van der Waals surface area (Å²) >= 11 is 9.42. The maximum Gasteiger partial charge on any atom is 0.0464 e. The van der Waals surface area contributed by atoms with Crippen LogP contribution in [0.25, 0.3) is 0 Å². The topological polar surface area (TPSA) is 26.0 Å². The molecule has 1 nitrogen and oxygen atoms in total. The molecule has 0 saturated heterocycles. The first-order chi connectivity index (χ1) is 6.65. The molecule has 1 atom stereocenters. The van der Waals surface area contributed by atoms with E-state index in [-0.39, 0.29) is 6.04 Å². The Hall–Kier alpha value is -0.310. The summed E-state index contributed by atoms with van der Waals surface area (Å²) in [6, 6.07) is 5.77. The van der Waals surface area contributed by atoms with Crippen molar-refractivity contribution in [3.05, 3.63) is 45.9 Å². The van der Waals surface area contributed by atoms with Gasteiger partial charge in [0.1, 0.15) is 0 Å². The lowest BCUT2D eigenvalue weighted by Gasteiger charge is -2.12. The van der Waals surface area contributed by atoms with Crippen LogP contribution in [0.1, 0.15) is 24.4 Å². The Morgan fingerprint density at radius 1 is 1.57 bits per heavy atom. The number of rotatable bonds is 4. The number of nitrogens with two attached hydrogens (primary N) is 1. The van der Waals surface area contributed by atoms with E-state index in [4.69, 9.17) is 17.3 Å². The summed E-state index contributed by atoms with van der Waals surface area (Å²) < 4.78 is 0.974. The fourth-order valence-electron chi connectivity index (χ4n) is 1.26. The van der Waals surface area contributed by atoms with Crippen LogP contribution >= 0.6 is 27.5 Å². The summed E-state index contributed by atoms with van der Waals surface area (Å²) in [6.45, 7) is 3.67. The lowest BCUT2D eigenvalue weighted by molar-refractivity contribution is 0.661. The second kappa shape index (κ2) is 5.54. The molecular weight excluding hydrogens is 261 g/mol. The van der Waals surface area contributed by atoms with Gasteiger partial charge >= 0.3 is 0 Å². The molecule has 0 heterocycles. The number of benzene rings is 1. The van der Waals surface area contributed by atoms with Crippen molar-refractivity contribution >= 4 is 27.5 Å². The molecule has 0 amide bonds. The average molecular weight is 275 g/mol. The smallest absolute Gasteiger partial charge is 0.0464 e. The van der Waals surface area contributed by atoms with Crippen LogP contribution in [0.15, 0.2) is 35.3 Å². The Labute approximate surface area is 98.1 Å². The van der Waals surface area contributed by atoms with Crippen molar-refractivity contribution in [2.24, 2.45) is 5.73 Å². The number of halogens is 2. The number of allylic oxidation sites excluding steroid dienone is 1. The molecular formula is C11H13BrClN. The maximum atomic E-state index is 6.07. The van der Waals surface area contributed by atoms with E-state index < -0.39 is 0 Å². The zero-order valence-corrected chi connectivity index (χ0v) is 10.2. The summed E-state index contributed by atoms with van der Waals surface area (Å²) in [6.07, 6.45) is 3.66. The van der Waals surface area contributed by atoms with Gasteiger partial charge in [0, 0.05) is 15.5 Å². The molecule has 0 aliphatic heterocycles. The third-order valence-electron chi connectivity index (χ3n) is 2.04. The summed E-state index contributed by atoms with van der Waals surface area (Å²) in [7, 11) is 0. The standard InChI is InChI=1S/C11H13BrClN/c1-2-3-4-11(14)9-6-5-8(12)7-10(9)13/h2,5-7,11H,1,3-4,14H2/t11-/m1/s1. The highest BCUT2D eigenvalue weighted by Crippen LogP contribution is 2.27. The van der Waals surface area contributed by atoms with Gasteiger partial charge in [-0.15, -0.1) is 6.58 Å². The van der Waals surface area contributed by atoms with Gasteiger partial charge in [0.05, 0.1) is 0 Å². The highest BCUT2D eigenvalue weighted by Gasteiger charge is 2.09. The predicted molar refractivity (Wildman–Crippen MR) is 65.5 cm³/mol. The summed E-state index contributed by atoms with van der Waals surface area (Å²) in [5, 5.41) is 0.718. The lowest BCUT2D eigenvalue weighted by Crippen LogP contribution is -2.10. The minimum absolute atomic E-state index is 0.00593. The Bertz CT molecular complexity index is 325. The first-order valence-corrected chi connectivity index (χ1v) is 5.63.